The van der Waals surface area contributed by atoms with Crippen molar-refractivity contribution in [3.8, 4) is 5.75 Å². The number of hydrogen-bond donors (Lipinski definition) is 1. The maximum absolute atomic E-state index is 12.7. The molecule has 27 heavy (non-hydrogen) atoms. The summed E-state index contributed by atoms with van der Waals surface area (Å²) >= 11 is 0. The van der Waals surface area contributed by atoms with Crippen molar-refractivity contribution in [2.75, 3.05) is 26.9 Å². The number of Topliss-reactive ketones (excluding diaryl/α,β-unsaturated/α-hetero) is 1. The van der Waals surface area contributed by atoms with Gasteiger partial charge in [-0.15, -0.1) is 0 Å². The van der Waals surface area contributed by atoms with Gasteiger partial charge in [0.05, 0.1) is 13.7 Å². The Morgan fingerprint density at radius 1 is 1.19 bits per heavy atom. The SMILES string of the molecule is CCOCCOC(=O)c1[nH]c2c(c1C)C(=O)CC(c1ccc(OC)cc1)C2. The molecule has 1 aromatic heterocycles. The summed E-state index contributed by atoms with van der Waals surface area (Å²) in [5, 5.41) is 0. The van der Waals surface area contributed by atoms with Gasteiger partial charge in [-0.2, -0.15) is 0 Å². The molecule has 0 aliphatic heterocycles. The second kappa shape index (κ2) is 8.39. The third-order valence-electron chi connectivity index (χ3n) is 4.95. The number of hydrogen-bond acceptors (Lipinski definition) is 5. The van der Waals surface area contributed by atoms with E-state index < -0.39 is 5.97 Å². The van der Waals surface area contributed by atoms with Gasteiger partial charge in [-0.3, -0.25) is 4.79 Å². The number of aromatic amines is 1. The molecule has 0 saturated heterocycles. The average Bonchev–Trinajstić information content (AvgIpc) is 3.02. The number of H-pyrrole nitrogens is 1. The highest BCUT2D eigenvalue weighted by Crippen LogP contribution is 2.35. The smallest absolute Gasteiger partial charge is 0.355 e. The molecule has 1 aliphatic rings. The molecule has 1 atom stereocenters. The Labute approximate surface area is 158 Å². The number of ketones is 1. The van der Waals surface area contributed by atoms with E-state index in [0.717, 1.165) is 17.0 Å². The number of benzene rings is 1. The number of esters is 1. The van der Waals surface area contributed by atoms with Crippen molar-refractivity contribution in [3.05, 3.63) is 52.3 Å². The Morgan fingerprint density at radius 2 is 1.93 bits per heavy atom. The minimum atomic E-state index is -0.449. The number of methoxy groups -OCH3 is 1. The van der Waals surface area contributed by atoms with Crippen LogP contribution in [0.5, 0.6) is 5.75 Å². The molecule has 1 unspecified atom stereocenters. The van der Waals surface area contributed by atoms with E-state index in [0.29, 0.717) is 42.9 Å². The monoisotopic (exact) mass is 371 g/mol. The normalized spacial score (nSPS) is 16.1. The Balaban J connectivity index is 1.77. The van der Waals surface area contributed by atoms with Crippen LogP contribution in [0.2, 0.25) is 0 Å². The lowest BCUT2D eigenvalue weighted by atomic mass is 9.81. The highest BCUT2D eigenvalue weighted by atomic mass is 16.6. The van der Waals surface area contributed by atoms with Crippen LogP contribution in [0.15, 0.2) is 24.3 Å². The summed E-state index contributed by atoms with van der Waals surface area (Å²) in [7, 11) is 1.63. The first-order chi connectivity index (χ1) is 13.0. The van der Waals surface area contributed by atoms with Crippen LogP contribution < -0.4 is 4.74 Å². The van der Waals surface area contributed by atoms with Gasteiger partial charge < -0.3 is 19.2 Å². The number of rotatable bonds is 7. The Hall–Kier alpha value is -2.60. The fourth-order valence-corrected chi connectivity index (χ4v) is 3.56. The van der Waals surface area contributed by atoms with Crippen LogP contribution in [0.25, 0.3) is 0 Å². The van der Waals surface area contributed by atoms with E-state index in [9.17, 15) is 9.59 Å². The van der Waals surface area contributed by atoms with Crippen LogP contribution in [0.4, 0.5) is 0 Å². The van der Waals surface area contributed by atoms with Gasteiger partial charge in [0.25, 0.3) is 0 Å². The summed E-state index contributed by atoms with van der Waals surface area (Å²) in [6.07, 6.45) is 1.11. The van der Waals surface area contributed by atoms with Gasteiger partial charge >= 0.3 is 5.97 Å². The zero-order valence-corrected chi connectivity index (χ0v) is 16.0. The van der Waals surface area contributed by atoms with Gasteiger partial charge in [0, 0.05) is 24.3 Å². The van der Waals surface area contributed by atoms with Crippen molar-refractivity contribution in [3.63, 3.8) is 0 Å². The van der Waals surface area contributed by atoms with Crippen LogP contribution in [0.3, 0.4) is 0 Å². The van der Waals surface area contributed by atoms with Crippen LogP contribution in [0.1, 0.15) is 56.9 Å². The van der Waals surface area contributed by atoms with Crippen LogP contribution >= 0.6 is 0 Å². The third kappa shape index (κ3) is 4.06. The van der Waals surface area contributed by atoms with Gasteiger partial charge in [0.15, 0.2) is 5.78 Å². The fourth-order valence-electron chi connectivity index (χ4n) is 3.56. The van der Waals surface area contributed by atoms with Gasteiger partial charge in [0.1, 0.15) is 18.1 Å². The van der Waals surface area contributed by atoms with Crippen molar-refractivity contribution in [1.29, 1.82) is 0 Å². The van der Waals surface area contributed by atoms with Crippen molar-refractivity contribution >= 4 is 11.8 Å². The number of ether oxygens (including phenoxy) is 3. The summed E-state index contributed by atoms with van der Waals surface area (Å²) in [4.78, 5) is 28.2. The largest absolute Gasteiger partial charge is 0.497 e. The zero-order chi connectivity index (χ0) is 19.4. The lowest BCUT2D eigenvalue weighted by Crippen LogP contribution is -2.18. The molecule has 1 heterocycles. The summed E-state index contributed by atoms with van der Waals surface area (Å²) in [5.74, 6) is 0.472. The summed E-state index contributed by atoms with van der Waals surface area (Å²) in [5.41, 5.74) is 3.56. The van der Waals surface area contributed by atoms with Crippen molar-refractivity contribution in [2.24, 2.45) is 0 Å². The fraction of sp³-hybridized carbons (Fsp3) is 0.429. The number of nitrogens with one attached hydrogen (secondary N) is 1. The maximum Gasteiger partial charge on any atom is 0.355 e. The van der Waals surface area contributed by atoms with Crippen LogP contribution in [-0.2, 0) is 15.9 Å². The quantitative estimate of drug-likeness (QED) is 0.596. The standard InChI is InChI=1S/C21H25NO5/c1-4-26-9-10-27-21(24)20-13(2)19-17(22-20)11-15(12-18(19)23)14-5-7-16(25-3)8-6-14/h5-8,15,22H,4,9-12H2,1-3H3. The topological polar surface area (TPSA) is 77.6 Å². The van der Waals surface area contributed by atoms with Gasteiger partial charge in [-0.25, -0.2) is 4.79 Å². The summed E-state index contributed by atoms with van der Waals surface area (Å²) < 4.78 is 15.6. The second-order valence-electron chi connectivity index (χ2n) is 6.61. The van der Waals surface area contributed by atoms with Gasteiger partial charge in [0.2, 0.25) is 0 Å². The Morgan fingerprint density at radius 3 is 2.59 bits per heavy atom. The van der Waals surface area contributed by atoms with E-state index in [1.165, 1.54) is 0 Å². The van der Waals surface area contributed by atoms with Crippen LogP contribution in [-0.4, -0.2) is 43.7 Å². The predicted octanol–water partition coefficient (Wildman–Crippen LogP) is 3.44. The van der Waals surface area contributed by atoms with Gasteiger partial charge in [-0.05, 0) is 49.4 Å². The molecule has 0 fully saturated rings. The molecular formula is C21H25NO5. The van der Waals surface area contributed by atoms with E-state index in [-0.39, 0.29) is 18.3 Å². The molecule has 0 radical (unpaired) electrons. The average molecular weight is 371 g/mol. The van der Waals surface area contributed by atoms with E-state index in [4.69, 9.17) is 14.2 Å². The van der Waals surface area contributed by atoms with E-state index in [2.05, 4.69) is 4.98 Å². The first kappa shape index (κ1) is 19.2. The predicted molar refractivity (Wildman–Crippen MR) is 101 cm³/mol. The van der Waals surface area contributed by atoms with E-state index in [1.54, 1.807) is 14.0 Å². The lowest BCUT2D eigenvalue weighted by molar-refractivity contribution is 0.0329. The van der Waals surface area contributed by atoms with E-state index in [1.807, 2.05) is 31.2 Å². The molecule has 144 valence electrons. The first-order valence-corrected chi connectivity index (χ1v) is 9.18. The number of aromatic nitrogens is 1. The van der Waals surface area contributed by atoms with Crippen molar-refractivity contribution < 1.29 is 23.8 Å². The molecule has 6 heteroatoms. The number of fused-ring (bicyclic) bond motifs is 1. The third-order valence-corrected chi connectivity index (χ3v) is 4.95. The molecule has 1 aromatic carbocycles. The van der Waals surface area contributed by atoms with Crippen LogP contribution in [0, 0.1) is 6.92 Å². The molecule has 1 aliphatic carbocycles. The molecule has 3 rings (SSSR count). The highest BCUT2D eigenvalue weighted by Gasteiger charge is 2.32. The second-order valence-corrected chi connectivity index (χ2v) is 6.61. The van der Waals surface area contributed by atoms with Crippen molar-refractivity contribution in [1.82, 2.24) is 4.98 Å². The molecule has 2 aromatic rings. The van der Waals surface area contributed by atoms with Crippen molar-refractivity contribution in [2.45, 2.75) is 32.6 Å². The maximum atomic E-state index is 12.7. The first-order valence-electron chi connectivity index (χ1n) is 9.18. The minimum Gasteiger partial charge on any atom is -0.497 e. The molecule has 6 nitrogen and oxygen atoms in total. The summed E-state index contributed by atoms with van der Waals surface area (Å²) in [6, 6.07) is 7.77. The minimum absolute atomic E-state index is 0.0548. The lowest BCUT2D eigenvalue weighted by Gasteiger charge is -2.22. The molecular weight excluding hydrogens is 346 g/mol. The molecule has 0 saturated carbocycles. The molecule has 0 bridgehead atoms. The highest BCUT2D eigenvalue weighted by molar-refractivity contribution is 6.03. The van der Waals surface area contributed by atoms with E-state index >= 15 is 0 Å². The number of carbonyl (C=O) groups is 2. The van der Waals surface area contributed by atoms with Gasteiger partial charge in [-0.1, -0.05) is 12.1 Å². The summed E-state index contributed by atoms with van der Waals surface area (Å²) in [6.45, 7) is 4.81. The number of carbonyl (C=O) groups excluding carboxylic acids is 2. The Kier molecular flexibility index (Phi) is 5.96. The Bertz CT molecular complexity index is 822. The molecule has 1 N–H and O–H groups in total. The molecule has 0 spiro atoms. The molecule has 0 amide bonds. The zero-order valence-electron chi connectivity index (χ0n) is 16.0.